The number of carbonyl (C=O) groups excluding carboxylic acids is 1. The van der Waals surface area contributed by atoms with Crippen molar-refractivity contribution in [2.24, 2.45) is 0 Å². The highest BCUT2D eigenvalue weighted by Gasteiger charge is 2.27. The van der Waals surface area contributed by atoms with Gasteiger partial charge in [0.2, 0.25) is 27.6 Å². The smallest absolute Gasteiger partial charge is 0.243 e. The molecule has 10 heteroatoms. The molecule has 0 aliphatic carbocycles. The van der Waals surface area contributed by atoms with Gasteiger partial charge >= 0.3 is 0 Å². The first-order valence-electron chi connectivity index (χ1n) is 11.1. The van der Waals surface area contributed by atoms with Gasteiger partial charge in [0, 0.05) is 31.7 Å². The molecule has 0 bridgehead atoms. The normalized spacial score (nSPS) is 14.9. The van der Waals surface area contributed by atoms with Crippen LogP contribution in [0.2, 0.25) is 0 Å². The van der Waals surface area contributed by atoms with Crippen LogP contribution in [0.3, 0.4) is 0 Å². The van der Waals surface area contributed by atoms with Crippen molar-refractivity contribution in [3.8, 4) is 11.4 Å². The Morgan fingerprint density at radius 3 is 2.29 bits per heavy atom. The maximum atomic E-state index is 13.0. The lowest BCUT2D eigenvalue weighted by atomic mass is 10.1. The Bertz CT molecular complexity index is 1270. The number of hydrogen-bond donors (Lipinski definition) is 0. The summed E-state index contributed by atoms with van der Waals surface area (Å²) in [4.78, 5) is 21.3. The van der Waals surface area contributed by atoms with E-state index in [1.807, 2.05) is 50.2 Å². The number of benzene rings is 2. The minimum absolute atomic E-state index is 0.215. The van der Waals surface area contributed by atoms with E-state index in [2.05, 4.69) is 15.0 Å². The van der Waals surface area contributed by atoms with Gasteiger partial charge in [0.05, 0.1) is 18.5 Å². The molecular weight excluding hydrogens is 454 g/mol. The molecule has 34 heavy (non-hydrogen) atoms. The molecule has 9 nitrogen and oxygen atoms in total. The van der Waals surface area contributed by atoms with Gasteiger partial charge in [0.1, 0.15) is 6.54 Å². The highest BCUT2D eigenvalue weighted by atomic mass is 32.2. The predicted octanol–water partition coefficient (Wildman–Crippen LogP) is 2.46. The van der Waals surface area contributed by atoms with Gasteiger partial charge in [-0.25, -0.2) is 8.42 Å². The van der Waals surface area contributed by atoms with E-state index in [0.29, 0.717) is 50.1 Å². The quantitative estimate of drug-likeness (QED) is 0.509. The molecule has 1 aliphatic heterocycles. The lowest BCUT2D eigenvalue weighted by Gasteiger charge is -2.35. The molecule has 180 valence electrons. The van der Waals surface area contributed by atoms with E-state index in [9.17, 15) is 13.2 Å². The van der Waals surface area contributed by atoms with Crippen molar-refractivity contribution in [3.63, 3.8) is 0 Å². The Morgan fingerprint density at radius 2 is 1.65 bits per heavy atom. The minimum Gasteiger partial charge on any atom is -0.339 e. The van der Waals surface area contributed by atoms with Crippen molar-refractivity contribution in [2.45, 2.75) is 20.4 Å². The number of piperazine rings is 1. The van der Waals surface area contributed by atoms with Crippen LogP contribution in [0.25, 0.3) is 11.4 Å². The fourth-order valence-corrected chi connectivity index (χ4v) is 4.95. The Kier molecular flexibility index (Phi) is 6.99. The molecule has 2 heterocycles. The molecule has 2 aromatic carbocycles. The fraction of sp³-hybridized carbons (Fsp3) is 0.375. The number of nitrogens with zero attached hydrogens (tertiary/aromatic N) is 5. The van der Waals surface area contributed by atoms with E-state index in [1.54, 1.807) is 17.0 Å². The molecule has 1 fully saturated rings. The highest BCUT2D eigenvalue weighted by Crippen LogP contribution is 2.23. The fourth-order valence-electron chi connectivity index (χ4n) is 4.05. The Labute approximate surface area is 200 Å². The summed E-state index contributed by atoms with van der Waals surface area (Å²) >= 11 is 0. The number of amides is 1. The van der Waals surface area contributed by atoms with Crippen LogP contribution in [-0.2, 0) is 21.4 Å². The summed E-state index contributed by atoms with van der Waals surface area (Å²) in [5, 5.41) is 4.11. The maximum Gasteiger partial charge on any atom is 0.243 e. The molecule has 1 aromatic heterocycles. The standard InChI is InChI=1S/C24H29N5O4S/c1-18-8-4-6-10-20(18)24-25-22(33-26-24)16-27-12-14-28(15-13-27)23(30)17-29(34(3,31)32)21-11-7-5-9-19(21)2/h4-11H,12-17H2,1-3H3. The van der Waals surface area contributed by atoms with Gasteiger partial charge < -0.3 is 9.42 Å². The molecule has 4 rings (SSSR count). The molecular formula is C24H29N5O4S. The first kappa shape index (κ1) is 23.9. The Morgan fingerprint density at radius 1 is 1.00 bits per heavy atom. The molecule has 0 atom stereocenters. The van der Waals surface area contributed by atoms with Crippen molar-refractivity contribution in [2.75, 3.05) is 43.3 Å². The molecule has 0 radical (unpaired) electrons. The molecule has 3 aromatic rings. The number of carbonyl (C=O) groups is 1. The van der Waals surface area contributed by atoms with Crippen molar-refractivity contribution < 1.29 is 17.7 Å². The second kappa shape index (κ2) is 9.94. The minimum atomic E-state index is -3.60. The van der Waals surface area contributed by atoms with Crippen LogP contribution in [0.1, 0.15) is 17.0 Å². The number of hydrogen-bond acceptors (Lipinski definition) is 7. The lowest BCUT2D eigenvalue weighted by molar-refractivity contribution is -0.131. The van der Waals surface area contributed by atoms with Gasteiger partial charge in [0.15, 0.2) is 0 Å². The van der Waals surface area contributed by atoms with Gasteiger partial charge in [-0.2, -0.15) is 4.98 Å². The van der Waals surface area contributed by atoms with Gasteiger partial charge in [-0.1, -0.05) is 47.6 Å². The zero-order valence-electron chi connectivity index (χ0n) is 19.6. The van der Waals surface area contributed by atoms with Crippen molar-refractivity contribution in [1.29, 1.82) is 0 Å². The summed E-state index contributed by atoms with van der Waals surface area (Å²) in [5.74, 6) is 0.882. The number of aromatic nitrogens is 2. The van der Waals surface area contributed by atoms with E-state index < -0.39 is 10.0 Å². The van der Waals surface area contributed by atoms with Crippen LogP contribution in [0.5, 0.6) is 0 Å². The van der Waals surface area contributed by atoms with Gasteiger partial charge in [-0.05, 0) is 31.0 Å². The third-order valence-electron chi connectivity index (χ3n) is 6.00. The molecule has 1 saturated heterocycles. The summed E-state index contributed by atoms with van der Waals surface area (Å²) < 4.78 is 31.4. The van der Waals surface area contributed by atoms with Crippen LogP contribution in [0, 0.1) is 13.8 Å². The first-order chi connectivity index (χ1) is 16.2. The van der Waals surface area contributed by atoms with Crippen molar-refractivity contribution in [1.82, 2.24) is 19.9 Å². The largest absolute Gasteiger partial charge is 0.339 e. The van der Waals surface area contributed by atoms with Crippen molar-refractivity contribution >= 4 is 21.6 Å². The third kappa shape index (κ3) is 5.45. The van der Waals surface area contributed by atoms with E-state index >= 15 is 0 Å². The number of rotatable bonds is 7. The summed E-state index contributed by atoms with van der Waals surface area (Å²) in [6, 6.07) is 15.0. The monoisotopic (exact) mass is 483 g/mol. The Balaban J connectivity index is 1.35. The van der Waals surface area contributed by atoms with Crippen molar-refractivity contribution in [3.05, 3.63) is 65.5 Å². The van der Waals surface area contributed by atoms with Gasteiger partial charge in [-0.3, -0.25) is 14.0 Å². The van der Waals surface area contributed by atoms with E-state index in [1.165, 1.54) is 4.31 Å². The number of sulfonamides is 1. The summed E-state index contributed by atoms with van der Waals surface area (Å²) in [5.41, 5.74) is 3.35. The second-order valence-corrected chi connectivity index (χ2v) is 10.4. The average Bonchev–Trinajstić information content (AvgIpc) is 3.26. The summed E-state index contributed by atoms with van der Waals surface area (Å²) in [7, 11) is -3.60. The molecule has 0 spiro atoms. The lowest BCUT2D eigenvalue weighted by Crippen LogP contribution is -2.51. The zero-order chi connectivity index (χ0) is 24.3. The van der Waals surface area contributed by atoms with E-state index in [-0.39, 0.29) is 12.5 Å². The second-order valence-electron chi connectivity index (χ2n) is 8.54. The predicted molar refractivity (Wildman–Crippen MR) is 130 cm³/mol. The van der Waals surface area contributed by atoms with E-state index in [0.717, 1.165) is 22.9 Å². The molecule has 0 N–H and O–H groups in total. The van der Waals surface area contributed by atoms with Gasteiger partial charge in [-0.15, -0.1) is 0 Å². The average molecular weight is 484 g/mol. The summed E-state index contributed by atoms with van der Waals surface area (Å²) in [6.45, 7) is 6.40. The Hall–Kier alpha value is -3.24. The molecule has 1 aliphatic rings. The number of para-hydroxylation sites is 1. The summed E-state index contributed by atoms with van der Waals surface area (Å²) in [6.07, 6.45) is 1.13. The first-order valence-corrected chi connectivity index (χ1v) is 13.0. The van der Waals surface area contributed by atoms with E-state index in [4.69, 9.17) is 4.52 Å². The zero-order valence-corrected chi connectivity index (χ0v) is 20.5. The van der Waals surface area contributed by atoms with Crippen LogP contribution in [-0.4, -0.2) is 73.2 Å². The molecule has 1 amide bonds. The number of anilines is 1. The van der Waals surface area contributed by atoms with Crippen LogP contribution < -0.4 is 4.31 Å². The third-order valence-corrected chi connectivity index (χ3v) is 7.13. The maximum absolute atomic E-state index is 13.0. The highest BCUT2D eigenvalue weighted by molar-refractivity contribution is 7.92. The molecule has 0 unspecified atom stereocenters. The van der Waals surface area contributed by atoms with Crippen LogP contribution in [0.15, 0.2) is 53.1 Å². The van der Waals surface area contributed by atoms with Crippen LogP contribution in [0.4, 0.5) is 5.69 Å². The SMILES string of the molecule is Cc1ccccc1-c1noc(CN2CCN(C(=O)CN(c3ccccc3C)S(C)(=O)=O)CC2)n1. The molecule has 0 saturated carbocycles. The van der Waals surface area contributed by atoms with Crippen LogP contribution >= 0.6 is 0 Å². The topological polar surface area (TPSA) is 99.9 Å². The number of aryl methyl sites for hydroxylation is 2. The van der Waals surface area contributed by atoms with Gasteiger partial charge in [0.25, 0.3) is 0 Å².